The summed E-state index contributed by atoms with van der Waals surface area (Å²) in [5.74, 6) is 0. The van der Waals surface area contributed by atoms with E-state index < -0.39 is 11.0 Å². The standard InChI is InChI=1S/C17H22N2OS2/c1-6-15(19-22(20)17(3,4)5)13-7-9-14(10-8-13)16-12(2)18-11-21-16/h6-11,15,19H,1H2,2-5H3/t15-,22?/m0/s1. The third-order valence-electron chi connectivity index (χ3n) is 3.30. The highest BCUT2D eigenvalue weighted by atomic mass is 32.2. The van der Waals surface area contributed by atoms with Gasteiger partial charge in [0.05, 0.1) is 37.9 Å². The number of nitrogens with zero attached hydrogens (tertiary/aromatic N) is 1. The molecule has 0 aliphatic carbocycles. The van der Waals surface area contributed by atoms with E-state index in [2.05, 4.69) is 28.4 Å². The molecule has 0 radical (unpaired) electrons. The van der Waals surface area contributed by atoms with Crippen LogP contribution in [-0.2, 0) is 11.0 Å². The van der Waals surface area contributed by atoms with E-state index in [1.165, 1.54) is 4.88 Å². The molecular weight excluding hydrogens is 312 g/mol. The molecule has 0 amide bonds. The average Bonchev–Trinajstić information content (AvgIpc) is 2.90. The van der Waals surface area contributed by atoms with Crippen LogP contribution in [0.1, 0.15) is 38.1 Å². The van der Waals surface area contributed by atoms with Crippen LogP contribution in [0.15, 0.2) is 42.4 Å². The highest BCUT2D eigenvalue weighted by molar-refractivity contribution is 7.84. The third-order valence-corrected chi connectivity index (χ3v) is 5.86. The molecule has 0 aliphatic rings. The Morgan fingerprint density at radius 3 is 2.41 bits per heavy atom. The number of hydrogen-bond donors (Lipinski definition) is 1. The van der Waals surface area contributed by atoms with E-state index >= 15 is 0 Å². The van der Waals surface area contributed by atoms with Crippen molar-refractivity contribution in [3.8, 4) is 10.4 Å². The fraction of sp³-hybridized carbons (Fsp3) is 0.353. The molecule has 2 atom stereocenters. The van der Waals surface area contributed by atoms with Gasteiger partial charge < -0.3 is 0 Å². The molecule has 1 N–H and O–H groups in total. The lowest BCUT2D eigenvalue weighted by Gasteiger charge is -2.22. The molecule has 2 rings (SSSR count). The van der Waals surface area contributed by atoms with Crippen molar-refractivity contribution in [2.24, 2.45) is 0 Å². The van der Waals surface area contributed by atoms with E-state index in [0.29, 0.717) is 0 Å². The molecule has 1 unspecified atom stereocenters. The van der Waals surface area contributed by atoms with Crippen LogP contribution < -0.4 is 4.72 Å². The van der Waals surface area contributed by atoms with Crippen LogP contribution in [0.3, 0.4) is 0 Å². The summed E-state index contributed by atoms with van der Waals surface area (Å²) in [4.78, 5) is 5.47. The van der Waals surface area contributed by atoms with Crippen LogP contribution in [0.25, 0.3) is 10.4 Å². The van der Waals surface area contributed by atoms with Gasteiger partial charge >= 0.3 is 0 Å². The minimum Gasteiger partial charge on any atom is -0.249 e. The Morgan fingerprint density at radius 1 is 1.32 bits per heavy atom. The zero-order chi connectivity index (χ0) is 16.3. The van der Waals surface area contributed by atoms with Crippen molar-refractivity contribution in [1.82, 2.24) is 9.71 Å². The number of rotatable bonds is 5. The molecule has 0 saturated carbocycles. The van der Waals surface area contributed by atoms with Gasteiger partial charge in [-0.3, -0.25) is 0 Å². The van der Waals surface area contributed by atoms with Crippen LogP contribution in [0.2, 0.25) is 0 Å². The largest absolute Gasteiger partial charge is 0.249 e. The molecule has 1 aromatic heterocycles. The van der Waals surface area contributed by atoms with E-state index in [-0.39, 0.29) is 10.8 Å². The Kier molecular flexibility index (Phi) is 5.32. The minimum atomic E-state index is -1.14. The lowest BCUT2D eigenvalue weighted by molar-refractivity contribution is 0.626. The second kappa shape index (κ2) is 6.86. The lowest BCUT2D eigenvalue weighted by atomic mass is 10.0. The fourth-order valence-electron chi connectivity index (χ4n) is 1.97. The predicted octanol–water partition coefficient (Wildman–Crippen LogP) is 4.40. The highest BCUT2D eigenvalue weighted by Gasteiger charge is 2.22. The smallest absolute Gasteiger partial charge is 0.0978 e. The molecule has 22 heavy (non-hydrogen) atoms. The van der Waals surface area contributed by atoms with E-state index in [9.17, 15) is 4.21 Å². The maximum Gasteiger partial charge on any atom is 0.0978 e. The first kappa shape index (κ1) is 17.1. The number of thiazole rings is 1. The molecule has 1 heterocycles. The van der Waals surface area contributed by atoms with Crippen molar-refractivity contribution >= 4 is 22.3 Å². The first-order valence-electron chi connectivity index (χ1n) is 7.14. The van der Waals surface area contributed by atoms with E-state index in [1.54, 1.807) is 17.4 Å². The number of benzene rings is 1. The second-order valence-corrected chi connectivity index (χ2v) is 8.95. The van der Waals surface area contributed by atoms with Gasteiger partial charge in [-0.1, -0.05) is 30.3 Å². The molecule has 1 aromatic carbocycles. The number of hydrogen-bond acceptors (Lipinski definition) is 3. The minimum absolute atomic E-state index is 0.128. The molecule has 0 spiro atoms. The summed E-state index contributed by atoms with van der Waals surface area (Å²) < 4.78 is 15.1. The molecule has 0 bridgehead atoms. The van der Waals surface area contributed by atoms with E-state index in [4.69, 9.17) is 0 Å². The van der Waals surface area contributed by atoms with Crippen molar-refractivity contribution in [3.63, 3.8) is 0 Å². The van der Waals surface area contributed by atoms with Gasteiger partial charge in [0.25, 0.3) is 0 Å². The summed E-state index contributed by atoms with van der Waals surface area (Å²) in [6.07, 6.45) is 1.79. The van der Waals surface area contributed by atoms with Gasteiger partial charge in [-0.2, -0.15) is 0 Å². The summed E-state index contributed by atoms with van der Waals surface area (Å²) in [6, 6.07) is 8.13. The number of nitrogens with one attached hydrogen (secondary N) is 1. The van der Waals surface area contributed by atoms with Gasteiger partial charge in [0.1, 0.15) is 0 Å². The Morgan fingerprint density at radius 2 is 1.95 bits per heavy atom. The zero-order valence-corrected chi connectivity index (χ0v) is 15.1. The SMILES string of the molecule is C=C[C@H](NS(=O)C(C)(C)C)c1ccc(-c2scnc2C)cc1. The quantitative estimate of drug-likeness (QED) is 0.824. The van der Waals surface area contributed by atoms with Crippen molar-refractivity contribution in [2.75, 3.05) is 0 Å². The van der Waals surface area contributed by atoms with Crippen LogP contribution in [-0.4, -0.2) is 13.9 Å². The molecular formula is C17H22N2OS2. The first-order valence-corrected chi connectivity index (χ1v) is 9.17. The lowest BCUT2D eigenvalue weighted by Crippen LogP contribution is -2.35. The van der Waals surface area contributed by atoms with Gasteiger partial charge in [-0.25, -0.2) is 13.9 Å². The molecule has 0 aliphatic heterocycles. The van der Waals surface area contributed by atoms with E-state index in [0.717, 1.165) is 16.8 Å². The van der Waals surface area contributed by atoms with Crippen LogP contribution in [0.4, 0.5) is 0 Å². The highest BCUT2D eigenvalue weighted by Crippen LogP contribution is 2.28. The predicted molar refractivity (Wildman–Crippen MR) is 96.3 cm³/mol. The summed E-state index contributed by atoms with van der Waals surface area (Å²) in [5, 5.41) is 0. The summed E-state index contributed by atoms with van der Waals surface area (Å²) >= 11 is 1.64. The second-order valence-electron chi connectivity index (χ2n) is 6.10. The normalized spacial score (nSPS) is 14.5. The van der Waals surface area contributed by atoms with Gasteiger partial charge in [0.2, 0.25) is 0 Å². The van der Waals surface area contributed by atoms with Crippen molar-refractivity contribution in [2.45, 2.75) is 38.5 Å². The molecule has 0 fully saturated rings. The van der Waals surface area contributed by atoms with E-state index in [1.807, 2.05) is 45.3 Å². The monoisotopic (exact) mass is 334 g/mol. The fourth-order valence-corrected chi connectivity index (χ4v) is 3.59. The topological polar surface area (TPSA) is 42.0 Å². The molecule has 2 aromatic rings. The Bertz CT molecular complexity index is 669. The number of aromatic nitrogens is 1. The molecule has 0 saturated heterocycles. The van der Waals surface area contributed by atoms with Crippen LogP contribution in [0, 0.1) is 6.92 Å². The van der Waals surface area contributed by atoms with Crippen molar-refractivity contribution < 1.29 is 4.21 Å². The summed E-state index contributed by atoms with van der Waals surface area (Å²) in [5.41, 5.74) is 5.12. The Labute approximate surface area is 139 Å². The maximum atomic E-state index is 12.3. The number of aryl methyl sites for hydroxylation is 1. The third kappa shape index (κ3) is 3.91. The van der Waals surface area contributed by atoms with Gasteiger partial charge in [-0.05, 0) is 38.8 Å². The average molecular weight is 335 g/mol. The van der Waals surface area contributed by atoms with Gasteiger partial charge in [0.15, 0.2) is 0 Å². The zero-order valence-electron chi connectivity index (χ0n) is 13.4. The van der Waals surface area contributed by atoms with Crippen LogP contribution in [0.5, 0.6) is 0 Å². The van der Waals surface area contributed by atoms with Crippen molar-refractivity contribution in [3.05, 3.63) is 53.7 Å². The summed E-state index contributed by atoms with van der Waals surface area (Å²) in [7, 11) is -1.14. The van der Waals surface area contributed by atoms with Gasteiger partial charge in [-0.15, -0.1) is 17.9 Å². The summed E-state index contributed by atoms with van der Waals surface area (Å²) in [6.45, 7) is 11.7. The van der Waals surface area contributed by atoms with Crippen LogP contribution >= 0.6 is 11.3 Å². The molecule has 5 heteroatoms. The van der Waals surface area contributed by atoms with Crippen molar-refractivity contribution in [1.29, 1.82) is 0 Å². The molecule has 118 valence electrons. The maximum absolute atomic E-state index is 12.3. The molecule has 3 nitrogen and oxygen atoms in total. The van der Waals surface area contributed by atoms with Gasteiger partial charge in [0, 0.05) is 0 Å². The Hall–Kier alpha value is -1.30. The Balaban J connectivity index is 2.19. The first-order chi connectivity index (χ1) is 10.3.